The zero-order valence-electron chi connectivity index (χ0n) is 18.7. The Labute approximate surface area is 194 Å². The first-order valence-corrected chi connectivity index (χ1v) is 13.0. The van der Waals surface area contributed by atoms with Crippen LogP contribution in [0.1, 0.15) is 29.3 Å². The number of Topliss-reactive ketones (excluding diaryl/α,β-unsaturated/α-hetero) is 1. The first-order valence-electron chi connectivity index (χ1n) is 11.1. The van der Waals surface area contributed by atoms with Gasteiger partial charge in [0.15, 0.2) is 15.6 Å². The van der Waals surface area contributed by atoms with Crippen LogP contribution in [0.25, 0.3) is 10.8 Å². The third-order valence-electron chi connectivity index (χ3n) is 6.11. The Morgan fingerprint density at radius 2 is 1.88 bits per heavy atom. The minimum Gasteiger partial charge on any atom is -0.491 e. The van der Waals surface area contributed by atoms with Crippen LogP contribution in [0.5, 0.6) is 5.75 Å². The molecule has 7 heteroatoms. The van der Waals surface area contributed by atoms with E-state index in [1.165, 1.54) is 6.92 Å². The summed E-state index contributed by atoms with van der Waals surface area (Å²) in [6, 6.07) is 20.9. The fourth-order valence-corrected chi connectivity index (χ4v) is 6.14. The number of sulfone groups is 1. The molecule has 0 radical (unpaired) electrons. The fourth-order valence-electron chi connectivity index (χ4n) is 4.38. The summed E-state index contributed by atoms with van der Waals surface area (Å²) in [5, 5.41) is 13.0. The SMILES string of the molecule is CC(=O)c1cccc(OCC(O)CN(Cc2cccc3ccccc23)C2CCS(=O)(=O)C2)c1. The van der Waals surface area contributed by atoms with Crippen molar-refractivity contribution in [2.45, 2.75) is 32.0 Å². The molecular weight excluding hydrogens is 438 g/mol. The molecule has 2 unspecified atom stereocenters. The molecule has 1 heterocycles. The van der Waals surface area contributed by atoms with E-state index < -0.39 is 15.9 Å². The van der Waals surface area contributed by atoms with Gasteiger partial charge in [-0.3, -0.25) is 9.69 Å². The minimum absolute atomic E-state index is 0.0485. The van der Waals surface area contributed by atoms with Crippen LogP contribution >= 0.6 is 0 Å². The Kier molecular flexibility index (Phi) is 7.12. The van der Waals surface area contributed by atoms with Gasteiger partial charge in [-0.2, -0.15) is 0 Å². The van der Waals surface area contributed by atoms with Crippen molar-refractivity contribution in [1.29, 1.82) is 0 Å². The standard InChI is InChI=1S/C26H29NO5S/c1-19(28)21-8-5-10-25(14-21)32-17-24(29)16-27(23-12-13-33(30,31)18-23)15-22-9-4-7-20-6-2-3-11-26(20)22/h2-11,14,23-24,29H,12-13,15-18H2,1H3. The molecule has 1 N–H and O–H groups in total. The smallest absolute Gasteiger partial charge is 0.159 e. The van der Waals surface area contributed by atoms with Crippen LogP contribution in [-0.2, 0) is 16.4 Å². The van der Waals surface area contributed by atoms with Gasteiger partial charge in [0.2, 0.25) is 0 Å². The molecule has 33 heavy (non-hydrogen) atoms. The van der Waals surface area contributed by atoms with E-state index in [1.807, 2.05) is 18.2 Å². The Hall–Kier alpha value is -2.74. The molecule has 4 rings (SSSR count). The molecule has 6 nitrogen and oxygen atoms in total. The summed E-state index contributed by atoms with van der Waals surface area (Å²) in [5.74, 6) is 0.746. The number of aliphatic hydroxyl groups excluding tert-OH is 1. The number of hydrogen-bond donors (Lipinski definition) is 1. The molecule has 0 aromatic heterocycles. The van der Waals surface area contributed by atoms with E-state index in [9.17, 15) is 18.3 Å². The van der Waals surface area contributed by atoms with E-state index >= 15 is 0 Å². The third-order valence-corrected chi connectivity index (χ3v) is 7.86. The molecule has 1 aliphatic heterocycles. The molecule has 0 aliphatic carbocycles. The van der Waals surface area contributed by atoms with Gasteiger partial charge in [-0.15, -0.1) is 0 Å². The first-order chi connectivity index (χ1) is 15.8. The molecule has 0 spiro atoms. The summed E-state index contributed by atoms with van der Waals surface area (Å²) in [4.78, 5) is 13.6. The minimum atomic E-state index is -3.07. The second-order valence-electron chi connectivity index (χ2n) is 8.67. The van der Waals surface area contributed by atoms with E-state index in [4.69, 9.17) is 4.74 Å². The molecule has 2 atom stereocenters. The Bertz CT molecular complexity index is 1230. The summed E-state index contributed by atoms with van der Waals surface area (Å²) in [5.41, 5.74) is 1.65. The number of carbonyl (C=O) groups is 1. The Balaban J connectivity index is 1.49. The highest BCUT2D eigenvalue weighted by molar-refractivity contribution is 7.91. The van der Waals surface area contributed by atoms with Gasteiger partial charge in [0.05, 0.1) is 11.5 Å². The lowest BCUT2D eigenvalue weighted by Gasteiger charge is -2.30. The van der Waals surface area contributed by atoms with E-state index in [0.717, 1.165) is 16.3 Å². The predicted molar refractivity (Wildman–Crippen MR) is 129 cm³/mol. The fraction of sp³-hybridized carbons (Fsp3) is 0.346. The summed E-state index contributed by atoms with van der Waals surface area (Å²) >= 11 is 0. The molecule has 1 saturated heterocycles. The molecular formula is C26H29NO5S. The van der Waals surface area contributed by atoms with E-state index in [1.54, 1.807) is 24.3 Å². The van der Waals surface area contributed by atoms with Crippen molar-refractivity contribution in [1.82, 2.24) is 4.90 Å². The quantitative estimate of drug-likeness (QED) is 0.485. The van der Waals surface area contributed by atoms with Gasteiger partial charge in [0.25, 0.3) is 0 Å². The second kappa shape index (κ2) is 10.0. The first kappa shape index (κ1) is 23.4. The van der Waals surface area contributed by atoms with Crippen molar-refractivity contribution in [3.8, 4) is 5.75 Å². The van der Waals surface area contributed by atoms with Crippen molar-refractivity contribution in [2.24, 2.45) is 0 Å². The average molecular weight is 468 g/mol. The Morgan fingerprint density at radius 3 is 2.64 bits per heavy atom. The van der Waals surface area contributed by atoms with Crippen LogP contribution in [0.3, 0.4) is 0 Å². The van der Waals surface area contributed by atoms with Gasteiger partial charge in [-0.25, -0.2) is 8.42 Å². The van der Waals surface area contributed by atoms with Crippen LogP contribution in [-0.4, -0.2) is 61.0 Å². The molecule has 3 aromatic carbocycles. The van der Waals surface area contributed by atoms with Crippen LogP contribution < -0.4 is 4.74 Å². The van der Waals surface area contributed by atoms with Crippen LogP contribution in [0.4, 0.5) is 0 Å². The predicted octanol–water partition coefficient (Wildman–Crippen LogP) is 3.47. The molecule has 1 fully saturated rings. The zero-order chi connectivity index (χ0) is 23.4. The maximum Gasteiger partial charge on any atom is 0.159 e. The number of fused-ring (bicyclic) bond motifs is 1. The largest absolute Gasteiger partial charge is 0.491 e. The van der Waals surface area contributed by atoms with Gasteiger partial charge in [0, 0.05) is 24.7 Å². The molecule has 3 aromatic rings. The van der Waals surface area contributed by atoms with Crippen molar-refractivity contribution < 1.29 is 23.1 Å². The lowest BCUT2D eigenvalue weighted by molar-refractivity contribution is 0.0526. The van der Waals surface area contributed by atoms with E-state index in [0.29, 0.717) is 24.3 Å². The zero-order valence-corrected chi connectivity index (χ0v) is 19.5. The number of carbonyl (C=O) groups excluding carboxylic acids is 1. The maximum absolute atomic E-state index is 12.2. The van der Waals surface area contributed by atoms with Gasteiger partial charge in [0.1, 0.15) is 18.5 Å². The van der Waals surface area contributed by atoms with Crippen LogP contribution in [0, 0.1) is 0 Å². The normalized spacial score (nSPS) is 18.5. The molecule has 0 bridgehead atoms. The summed E-state index contributed by atoms with van der Waals surface area (Å²) in [6.45, 7) is 2.37. The average Bonchev–Trinajstić information content (AvgIpc) is 3.17. The lowest BCUT2D eigenvalue weighted by Crippen LogP contribution is -2.42. The number of rotatable bonds is 9. The third kappa shape index (κ3) is 5.99. The Morgan fingerprint density at radius 1 is 1.12 bits per heavy atom. The van der Waals surface area contributed by atoms with Gasteiger partial charge < -0.3 is 9.84 Å². The van der Waals surface area contributed by atoms with Gasteiger partial charge in [-0.1, -0.05) is 54.6 Å². The molecule has 1 aliphatic rings. The van der Waals surface area contributed by atoms with Crippen molar-refractivity contribution >= 4 is 26.4 Å². The van der Waals surface area contributed by atoms with Crippen molar-refractivity contribution in [2.75, 3.05) is 24.7 Å². The van der Waals surface area contributed by atoms with E-state index in [-0.39, 0.29) is 36.5 Å². The monoisotopic (exact) mass is 467 g/mol. The number of ketones is 1. The number of ether oxygens (including phenoxy) is 1. The van der Waals surface area contributed by atoms with E-state index in [2.05, 4.69) is 29.2 Å². The maximum atomic E-state index is 12.2. The van der Waals surface area contributed by atoms with Gasteiger partial charge >= 0.3 is 0 Å². The highest BCUT2D eigenvalue weighted by Gasteiger charge is 2.33. The lowest BCUT2D eigenvalue weighted by atomic mass is 10.0. The van der Waals surface area contributed by atoms with Gasteiger partial charge in [-0.05, 0) is 41.8 Å². The summed E-state index contributed by atoms with van der Waals surface area (Å²) < 4.78 is 30.0. The molecule has 174 valence electrons. The number of nitrogens with zero attached hydrogens (tertiary/aromatic N) is 1. The second-order valence-corrected chi connectivity index (χ2v) is 10.9. The molecule has 0 saturated carbocycles. The summed E-state index contributed by atoms with van der Waals surface area (Å²) in [7, 11) is -3.07. The number of hydrogen-bond acceptors (Lipinski definition) is 6. The molecule has 0 amide bonds. The summed E-state index contributed by atoms with van der Waals surface area (Å²) in [6.07, 6.45) is -0.259. The van der Waals surface area contributed by atoms with Crippen molar-refractivity contribution in [3.05, 3.63) is 77.9 Å². The number of aliphatic hydroxyl groups is 1. The van der Waals surface area contributed by atoms with Crippen molar-refractivity contribution in [3.63, 3.8) is 0 Å². The highest BCUT2D eigenvalue weighted by atomic mass is 32.2. The van der Waals surface area contributed by atoms with Crippen LogP contribution in [0.15, 0.2) is 66.7 Å². The van der Waals surface area contributed by atoms with Crippen LogP contribution in [0.2, 0.25) is 0 Å². The number of benzene rings is 3. The topological polar surface area (TPSA) is 83.9 Å². The highest BCUT2D eigenvalue weighted by Crippen LogP contribution is 2.25.